The van der Waals surface area contributed by atoms with Crippen LogP contribution in [-0.2, 0) is 12.8 Å². The molecule has 0 aliphatic heterocycles. The van der Waals surface area contributed by atoms with Gasteiger partial charge in [-0.1, -0.05) is 30.3 Å². The van der Waals surface area contributed by atoms with Crippen molar-refractivity contribution < 1.29 is 5.11 Å². The van der Waals surface area contributed by atoms with Gasteiger partial charge in [-0.15, -0.1) is 0 Å². The summed E-state index contributed by atoms with van der Waals surface area (Å²) in [5.41, 5.74) is 4.04. The van der Waals surface area contributed by atoms with Gasteiger partial charge < -0.3 is 10.0 Å². The van der Waals surface area contributed by atoms with Crippen LogP contribution in [0.15, 0.2) is 30.3 Å². The van der Waals surface area contributed by atoms with Crippen LogP contribution in [0.4, 0.5) is 0 Å². The lowest BCUT2D eigenvalue weighted by molar-refractivity contribution is 0.0869. The van der Waals surface area contributed by atoms with E-state index in [1.54, 1.807) is 0 Å². The molecule has 2 nitrogen and oxygen atoms in total. The van der Waals surface area contributed by atoms with Crippen molar-refractivity contribution in [3.05, 3.63) is 47.0 Å². The Bertz CT molecular complexity index is 647. The van der Waals surface area contributed by atoms with Gasteiger partial charge in [-0.3, -0.25) is 0 Å². The number of hydrogen-bond acceptors (Lipinski definition) is 2. The van der Waals surface area contributed by atoms with E-state index in [4.69, 9.17) is 0 Å². The summed E-state index contributed by atoms with van der Waals surface area (Å²) in [6.07, 6.45) is 4.43. The Balaban J connectivity index is 2.18. The molecule has 2 atom stereocenters. The first-order valence-electron chi connectivity index (χ1n) is 7.97. The zero-order chi connectivity index (χ0) is 15.0. The van der Waals surface area contributed by atoms with Gasteiger partial charge in [0.05, 0.1) is 6.10 Å². The molecule has 0 bridgehead atoms. The fourth-order valence-electron chi connectivity index (χ4n) is 3.45. The number of nitrogens with zero attached hydrogens (tertiary/aromatic N) is 1. The van der Waals surface area contributed by atoms with Crippen LogP contribution in [0.5, 0.6) is 0 Å². The maximum Gasteiger partial charge on any atom is 0.0948 e. The fourth-order valence-corrected chi connectivity index (χ4v) is 3.45. The Morgan fingerprint density at radius 1 is 1.05 bits per heavy atom. The average molecular weight is 283 g/mol. The Labute approximate surface area is 127 Å². The van der Waals surface area contributed by atoms with Gasteiger partial charge in [0.25, 0.3) is 0 Å². The van der Waals surface area contributed by atoms with Gasteiger partial charge in [0, 0.05) is 6.04 Å². The van der Waals surface area contributed by atoms with Crippen molar-refractivity contribution in [3.8, 4) is 0 Å². The van der Waals surface area contributed by atoms with E-state index in [-0.39, 0.29) is 6.04 Å². The minimum Gasteiger partial charge on any atom is -0.387 e. The van der Waals surface area contributed by atoms with E-state index in [9.17, 15) is 5.11 Å². The molecule has 1 N–H and O–H groups in total. The van der Waals surface area contributed by atoms with Gasteiger partial charge in [0.2, 0.25) is 0 Å². The molecular weight excluding hydrogens is 258 g/mol. The van der Waals surface area contributed by atoms with Gasteiger partial charge in [0.1, 0.15) is 0 Å². The summed E-state index contributed by atoms with van der Waals surface area (Å²) in [5.74, 6) is 0. The number of aliphatic hydroxyl groups is 1. The standard InChI is InChI=1S/C19H25NO/c1-13(20(2)3)19(21)18-12-14-8-4-5-9-15(14)16-10-6-7-11-17(16)18/h6-7,10-13,19,21H,4-5,8-9H2,1-3H3/t13-,19-/m0/s1. The minimum absolute atomic E-state index is 0.107. The van der Waals surface area contributed by atoms with Gasteiger partial charge in [-0.25, -0.2) is 0 Å². The third kappa shape index (κ3) is 2.58. The lowest BCUT2D eigenvalue weighted by Crippen LogP contribution is -2.31. The largest absolute Gasteiger partial charge is 0.387 e. The molecule has 0 saturated heterocycles. The first-order valence-corrected chi connectivity index (χ1v) is 7.97. The molecule has 0 aromatic heterocycles. The summed E-state index contributed by atoms with van der Waals surface area (Å²) in [4.78, 5) is 2.08. The lowest BCUT2D eigenvalue weighted by Gasteiger charge is -2.28. The smallest absolute Gasteiger partial charge is 0.0948 e. The van der Waals surface area contributed by atoms with Crippen molar-refractivity contribution in [1.82, 2.24) is 4.90 Å². The molecule has 2 heteroatoms. The predicted molar refractivity (Wildman–Crippen MR) is 88.7 cm³/mol. The highest BCUT2D eigenvalue weighted by Crippen LogP contribution is 2.35. The third-order valence-corrected chi connectivity index (χ3v) is 4.99. The van der Waals surface area contributed by atoms with Gasteiger partial charge >= 0.3 is 0 Å². The van der Waals surface area contributed by atoms with Crippen molar-refractivity contribution in [2.75, 3.05) is 14.1 Å². The molecule has 0 fully saturated rings. The van der Waals surface area contributed by atoms with E-state index in [0.717, 1.165) is 12.0 Å². The van der Waals surface area contributed by atoms with Crippen LogP contribution in [0.3, 0.4) is 0 Å². The molecule has 0 spiro atoms. The van der Waals surface area contributed by atoms with Crippen LogP contribution >= 0.6 is 0 Å². The summed E-state index contributed by atoms with van der Waals surface area (Å²) in [6.45, 7) is 2.08. The summed E-state index contributed by atoms with van der Waals surface area (Å²) >= 11 is 0. The predicted octanol–water partition coefficient (Wildman–Crippen LogP) is 3.70. The molecular formula is C19H25NO. The summed E-state index contributed by atoms with van der Waals surface area (Å²) in [7, 11) is 4.04. The zero-order valence-corrected chi connectivity index (χ0v) is 13.3. The van der Waals surface area contributed by atoms with Crippen molar-refractivity contribution in [3.63, 3.8) is 0 Å². The molecule has 0 unspecified atom stereocenters. The Hall–Kier alpha value is -1.38. The summed E-state index contributed by atoms with van der Waals surface area (Å²) in [6, 6.07) is 10.9. The van der Waals surface area contributed by atoms with Crippen molar-refractivity contribution >= 4 is 10.8 Å². The molecule has 112 valence electrons. The van der Waals surface area contributed by atoms with Crippen LogP contribution in [0.1, 0.15) is 42.6 Å². The molecule has 1 aliphatic carbocycles. The Morgan fingerprint density at radius 2 is 1.71 bits per heavy atom. The number of aliphatic hydroxyl groups excluding tert-OH is 1. The third-order valence-electron chi connectivity index (χ3n) is 4.99. The molecule has 2 aromatic rings. The highest BCUT2D eigenvalue weighted by molar-refractivity contribution is 5.90. The number of benzene rings is 2. The minimum atomic E-state index is -0.447. The number of fused-ring (bicyclic) bond motifs is 3. The maximum absolute atomic E-state index is 10.8. The summed E-state index contributed by atoms with van der Waals surface area (Å²) < 4.78 is 0. The van der Waals surface area contributed by atoms with E-state index in [0.29, 0.717) is 0 Å². The maximum atomic E-state index is 10.8. The normalized spacial score (nSPS) is 17.8. The second kappa shape index (κ2) is 5.78. The topological polar surface area (TPSA) is 23.5 Å². The molecule has 21 heavy (non-hydrogen) atoms. The number of likely N-dealkylation sites (N-methyl/N-ethyl adjacent to an activating group) is 1. The van der Waals surface area contributed by atoms with Crippen LogP contribution < -0.4 is 0 Å². The average Bonchev–Trinajstić information content (AvgIpc) is 2.52. The van der Waals surface area contributed by atoms with Crippen molar-refractivity contribution in [2.45, 2.75) is 44.8 Å². The van der Waals surface area contributed by atoms with Crippen LogP contribution in [0.25, 0.3) is 10.8 Å². The Morgan fingerprint density at radius 3 is 2.43 bits per heavy atom. The second-order valence-electron chi connectivity index (χ2n) is 6.51. The lowest BCUT2D eigenvalue weighted by atomic mass is 9.84. The van der Waals surface area contributed by atoms with E-state index in [1.165, 1.54) is 41.2 Å². The highest BCUT2D eigenvalue weighted by atomic mass is 16.3. The van der Waals surface area contributed by atoms with E-state index < -0.39 is 6.10 Å². The van der Waals surface area contributed by atoms with E-state index in [1.807, 2.05) is 14.1 Å². The van der Waals surface area contributed by atoms with Gasteiger partial charge in [-0.2, -0.15) is 0 Å². The molecule has 0 heterocycles. The van der Waals surface area contributed by atoms with Crippen LogP contribution in [-0.4, -0.2) is 30.1 Å². The van der Waals surface area contributed by atoms with Gasteiger partial charge in [-0.05, 0) is 74.2 Å². The zero-order valence-electron chi connectivity index (χ0n) is 13.3. The van der Waals surface area contributed by atoms with Crippen molar-refractivity contribution in [2.24, 2.45) is 0 Å². The molecule has 2 aromatic carbocycles. The SMILES string of the molecule is C[C@@H]([C@H](O)c1cc2c(c3ccccc13)CCCC2)N(C)C. The van der Waals surface area contributed by atoms with Crippen LogP contribution in [0.2, 0.25) is 0 Å². The second-order valence-corrected chi connectivity index (χ2v) is 6.51. The fraction of sp³-hybridized carbons (Fsp3) is 0.474. The van der Waals surface area contributed by atoms with Crippen molar-refractivity contribution in [1.29, 1.82) is 0 Å². The molecule has 1 aliphatic rings. The monoisotopic (exact) mass is 283 g/mol. The number of hydrogen-bond donors (Lipinski definition) is 1. The quantitative estimate of drug-likeness (QED) is 0.928. The number of rotatable bonds is 3. The van der Waals surface area contributed by atoms with Gasteiger partial charge in [0.15, 0.2) is 0 Å². The number of aryl methyl sites for hydroxylation is 2. The molecule has 0 saturated carbocycles. The first kappa shape index (κ1) is 14.6. The summed E-state index contributed by atoms with van der Waals surface area (Å²) in [5, 5.41) is 13.4. The first-order chi connectivity index (χ1) is 10.1. The molecule has 0 amide bonds. The van der Waals surface area contributed by atoms with Crippen LogP contribution in [0, 0.1) is 0 Å². The molecule has 3 rings (SSSR count). The Kier molecular flexibility index (Phi) is 4.01. The van der Waals surface area contributed by atoms with E-state index >= 15 is 0 Å². The highest BCUT2D eigenvalue weighted by Gasteiger charge is 2.23. The molecule has 0 radical (unpaired) electrons. The van der Waals surface area contributed by atoms with E-state index in [2.05, 4.69) is 42.2 Å².